The fraction of sp³-hybridized carbons (Fsp3) is 0.545. The molecule has 0 saturated carbocycles. The lowest BCUT2D eigenvalue weighted by atomic mass is 10.3. The molecular weight excluding hydrogens is 188 g/mol. The molecule has 1 N–H and O–H groups in total. The van der Waals surface area contributed by atoms with Gasteiger partial charge >= 0.3 is 0 Å². The zero-order valence-corrected chi connectivity index (χ0v) is 9.35. The summed E-state index contributed by atoms with van der Waals surface area (Å²) in [6.07, 6.45) is 10.6. The van der Waals surface area contributed by atoms with Crippen LogP contribution in [-0.2, 0) is 0 Å². The van der Waals surface area contributed by atoms with Crippen LogP contribution in [0.1, 0.15) is 31.8 Å². The van der Waals surface area contributed by atoms with Crippen molar-refractivity contribution in [3.05, 3.63) is 30.6 Å². The van der Waals surface area contributed by atoms with Crippen molar-refractivity contribution in [3.8, 4) is 0 Å². The van der Waals surface area contributed by atoms with Gasteiger partial charge in [0.15, 0.2) is 6.17 Å². The minimum absolute atomic E-state index is 0.242. The van der Waals surface area contributed by atoms with Gasteiger partial charge in [0.2, 0.25) is 0 Å². The van der Waals surface area contributed by atoms with Gasteiger partial charge in [-0.1, -0.05) is 13.3 Å². The Morgan fingerprint density at radius 3 is 3.00 bits per heavy atom. The van der Waals surface area contributed by atoms with E-state index in [4.69, 9.17) is 0 Å². The molecule has 0 aromatic carbocycles. The van der Waals surface area contributed by atoms with Gasteiger partial charge < -0.3 is 14.8 Å². The maximum Gasteiger partial charge on any atom is 0.160 e. The minimum Gasteiger partial charge on any atom is -0.353 e. The molecule has 1 aliphatic heterocycles. The lowest BCUT2D eigenvalue weighted by Gasteiger charge is -2.28. The van der Waals surface area contributed by atoms with E-state index in [1.54, 1.807) is 6.20 Å². The van der Waals surface area contributed by atoms with Crippen LogP contribution in [0.5, 0.6) is 0 Å². The molecule has 1 aliphatic rings. The Kier molecular flexibility index (Phi) is 2.94. The van der Waals surface area contributed by atoms with Gasteiger partial charge in [0, 0.05) is 38.4 Å². The number of rotatable bonds is 4. The first kappa shape index (κ1) is 10.1. The lowest BCUT2D eigenvalue weighted by molar-refractivity contribution is 0.168. The number of hydrogen-bond donors (Lipinski definition) is 1. The third-order valence-corrected chi connectivity index (χ3v) is 2.73. The lowest BCUT2D eigenvalue weighted by Crippen LogP contribution is -2.30. The molecule has 0 radical (unpaired) electrons. The molecule has 4 nitrogen and oxygen atoms in total. The molecule has 1 atom stereocenters. The van der Waals surface area contributed by atoms with Crippen molar-refractivity contribution in [2.24, 2.45) is 0 Å². The third kappa shape index (κ3) is 1.98. The van der Waals surface area contributed by atoms with Crippen LogP contribution in [-0.4, -0.2) is 33.4 Å². The number of aromatic nitrogens is 2. The summed E-state index contributed by atoms with van der Waals surface area (Å²) in [6, 6.07) is 0. The van der Waals surface area contributed by atoms with E-state index in [1.165, 1.54) is 12.8 Å². The van der Waals surface area contributed by atoms with Crippen LogP contribution >= 0.6 is 0 Å². The Bertz CT molecular complexity index is 317. The standard InChI is InChI=1S/C11H18N4/c1-3-4-7-15-9-8-14(2)11(15)10-12-5-6-13-10/h5-6,8-9,11H,3-4,7H2,1-2H3,(H,12,13). The van der Waals surface area contributed by atoms with Crippen molar-refractivity contribution < 1.29 is 0 Å². The average Bonchev–Trinajstić information content (AvgIpc) is 2.84. The van der Waals surface area contributed by atoms with E-state index in [9.17, 15) is 0 Å². The normalized spacial score (nSPS) is 20.3. The van der Waals surface area contributed by atoms with Gasteiger partial charge in [-0.3, -0.25) is 0 Å². The highest BCUT2D eigenvalue weighted by atomic mass is 15.4. The second-order valence-electron chi connectivity index (χ2n) is 3.90. The van der Waals surface area contributed by atoms with Gasteiger partial charge in [-0.05, 0) is 6.42 Å². The molecule has 0 spiro atoms. The Balaban J connectivity index is 2.07. The van der Waals surface area contributed by atoms with Gasteiger partial charge in [-0.25, -0.2) is 4.98 Å². The zero-order valence-electron chi connectivity index (χ0n) is 9.35. The summed E-state index contributed by atoms with van der Waals surface area (Å²) >= 11 is 0. The van der Waals surface area contributed by atoms with E-state index < -0.39 is 0 Å². The number of nitrogens with one attached hydrogen (secondary N) is 1. The summed E-state index contributed by atoms with van der Waals surface area (Å²) in [6.45, 7) is 3.30. The largest absolute Gasteiger partial charge is 0.353 e. The first-order chi connectivity index (χ1) is 7.33. The Morgan fingerprint density at radius 1 is 1.47 bits per heavy atom. The highest BCUT2D eigenvalue weighted by molar-refractivity contribution is 5.05. The predicted octanol–water partition coefficient (Wildman–Crippen LogP) is 1.93. The number of hydrogen-bond acceptors (Lipinski definition) is 3. The van der Waals surface area contributed by atoms with Crippen molar-refractivity contribution in [1.82, 2.24) is 19.8 Å². The molecule has 4 heteroatoms. The van der Waals surface area contributed by atoms with E-state index in [1.807, 2.05) is 6.20 Å². The monoisotopic (exact) mass is 206 g/mol. The molecule has 0 amide bonds. The van der Waals surface area contributed by atoms with Crippen molar-refractivity contribution >= 4 is 0 Å². The molecule has 0 saturated heterocycles. The molecule has 0 fully saturated rings. The van der Waals surface area contributed by atoms with Gasteiger partial charge in [0.1, 0.15) is 5.82 Å². The number of aromatic amines is 1. The van der Waals surface area contributed by atoms with E-state index in [0.29, 0.717) is 0 Å². The smallest absolute Gasteiger partial charge is 0.160 e. The molecular formula is C11H18N4. The Hall–Kier alpha value is -1.45. The van der Waals surface area contributed by atoms with E-state index in [-0.39, 0.29) is 6.17 Å². The molecule has 1 aromatic rings. The highest BCUT2D eigenvalue weighted by Gasteiger charge is 2.26. The van der Waals surface area contributed by atoms with Crippen molar-refractivity contribution in [2.45, 2.75) is 25.9 Å². The second-order valence-corrected chi connectivity index (χ2v) is 3.90. The number of H-pyrrole nitrogens is 1. The SMILES string of the molecule is CCCCN1C=CN(C)C1c1ncc[nH]1. The summed E-state index contributed by atoms with van der Waals surface area (Å²) in [5.41, 5.74) is 0. The number of nitrogens with zero attached hydrogens (tertiary/aromatic N) is 3. The second kappa shape index (κ2) is 4.38. The Labute approximate surface area is 90.6 Å². The van der Waals surface area contributed by atoms with Crippen molar-refractivity contribution in [2.75, 3.05) is 13.6 Å². The Morgan fingerprint density at radius 2 is 2.33 bits per heavy atom. The molecule has 2 rings (SSSR count). The van der Waals surface area contributed by atoms with Crippen LogP contribution in [0, 0.1) is 0 Å². The summed E-state index contributed by atoms with van der Waals surface area (Å²) < 4.78 is 0. The summed E-state index contributed by atoms with van der Waals surface area (Å²) in [5.74, 6) is 1.01. The minimum atomic E-state index is 0.242. The summed E-state index contributed by atoms with van der Waals surface area (Å²) in [4.78, 5) is 12.0. The molecule has 1 aromatic heterocycles. The highest BCUT2D eigenvalue weighted by Crippen LogP contribution is 2.26. The van der Waals surface area contributed by atoms with Gasteiger partial charge in [-0.15, -0.1) is 0 Å². The van der Waals surface area contributed by atoms with Crippen LogP contribution in [0.25, 0.3) is 0 Å². The van der Waals surface area contributed by atoms with Gasteiger partial charge in [0.25, 0.3) is 0 Å². The topological polar surface area (TPSA) is 35.2 Å². The first-order valence-electron chi connectivity index (χ1n) is 5.48. The fourth-order valence-corrected chi connectivity index (χ4v) is 1.89. The molecule has 0 aliphatic carbocycles. The van der Waals surface area contributed by atoms with Crippen molar-refractivity contribution in [1.29, 1.82) is 0 Å². The molecule has 1 unspecified atom stereocenters. The van der Waals surface area contributed by atoms with E-state index in [2.05, 4.69) is 46.1 Å². The average molecular weight is 206 g/mol. The van der Waals surface area contributed by atoms with Crippen molar-refractivity contribution in [3.63, 3.8) is 0 Å². The molecule has 0 bridgehead atoms. The van der Waals surface area contributed by atoms with Crippen LogP contribution in [0.3, 0.4) is 0 Å². The zero-order chi connectivity index (χ0) is 10.7. The molecule has 82 valence electrons. The van der Waals surface area contributed by atoms with Crippen LogP contribution < -0.4 is 0 Å². The van der Waals surface area contributed by atoms with Gasteiger partial charge in [-0.2, -0.15) is 0 Å². The van der Waals surface area contributed by atoms with E-state index >= 15 is 0 Å². The maximum atomic E-state index is 4.33. The van der Waals surface area contributed by atoms with Crippen LogP contribution in [0.4, 0.5) is 0 Å². The van der Waals surface area contributed by atoms with Crippen LogP contribution in [0.2, 0.25) is 0 Å². The predicted molar refractivity (Wildman–Crippen MR) is 59.8 cm³/mol. The molecule has 2 heterocycles. The third-order valence-electron chi connectivity index (χ3n) is 2.73. The van der Waals surface area contributed by atoms with Crippen LogP contribution in [0.15, 0.2) is 24.8 Å². The van der Waals surface area contributed by atoms with Gasteiger partial charge in [0.05, 0.1) is 0 Å². The maximum absolute atomic E-state index is 4.33. The summed E-state index contributed by atoms with van der Waals surface area (Å²) in [5, 5.41) is 0. The fourth-order valence-electron chi connectivity index (χ4n) is 1.89. The number of imidazole rings is 1. The van der Waals surface area contributed by atoms with E-state index in [0.717, 1.165) is 12.4 Å². The first-order valence-corrected chi connectivity index (χ1v) is 5.48. The quantitative estimate of drug-likeness (QED) is 0.817. The summed E-state index contributed by atoms with van der Waals surface area (Å²) in [7, 11) is 2.08. The molecule has 15 heavy (non-hydrogen) atoms. The number of unbranched alkanes of at least 4 members (excludes halogenated alkanes) is 1.